The van der Waals surface area contributed by atoms with E-state index in [0.29, 0.717) is 5.56 Å². The smallest absolute Gasteiger partial charge is 0.305 e. The molecule has 1 rings (SSSR count). The van der Waals surface area contributed by atoms with E-state index in [-0.39, 0.29) is 18.9 Å². The molecule has 1 amide bonds. The summed E-state index contributed by atoms with van der Waals surface area (Å²) in [4.78, 5) is 25.0. The van der Waals surface area contributed by atoms with Gasteiger partial charge in [-0.05, 0) is 24.0 Å². The number of hydrogen-bond acceptors (Lipinski definition) is 3. The first-order chi connectivity index (χ1) is 8.54. The molecule has 98 valence electrons. The number of carbonyl (C=O) groups is 2. The van der Waals surface area contributed by atoms with Crippen molar-refractivity contribution in [1.29, 1.82) is 0 Å². The summed E-state index contributed by atoms with van der Waals surface area (Å²) in [6, 6.07) is 7.39. The molecular formula is C13H17NO3S. The van der Waals surface area contributed by atoms with Gasteiger partial charge in [0.05, 0.1) is 6.42 Å². The molecule has 0 aromatic heterocycles. The van der Waals surface area contributed by atoms with Crippen LogP contribution in [-0.4, -0.2) is 41.2 Å². The summed E-state index contributed by atoms with van der Waals surface area (Å²) in [5, 5.41) is 8.59. The van der Waals surface area contributed by atoms with Crippen LogP contribution in [0, 0.1) is 0 Å². The maximum atomic E-state index is 12.0. The lowest BCUT2D eigenvalue weighted by molar-refractivity contribution is -0.137. The van der Waals surface area contributed by atoms with Crippen molar-refractivity contribution in [3.05, 3.63) is 29.8 Å². The van der Waals surface area contributed by atoms with Crippen molar-refractivity contribution in [2.24, 2.45) is 0 Å². The van der Waals surface area contributed by atoms with Gasteiger partial charge in [-0.1, -0.05) is 13.0 Å². The fourth-order valence-electron chi connectivity index (χ4n) is 1.47. The third-order valence-corrected chi connectivity index (χ3v) is 3.28. The molecule has 0 heterocycles. The van der Waals surface area contributed by atoms with Crippen LogP contribution in [0.15, 0.2) is 29.2 Å². The summed E-state index contributed by atoms with van der Waals surface area (Å²) >= 11 is 1.67. The van der Waals surface area contributed by atoms with Crippen molar-refractivity contribution in [2.45, 2.75) is 18.2 Å². The molecule has 0 unspecified atom stereocenters. The molecule has 0 radical (unpaired) electrons. The number of aliphatic carboxylic acids is 1. The largest absolute Gasteiger partial charge is 0.481 e. The molecule has 0 aliphatic carbocycles. The highest BCUT2D eigenvalue weighted by Crippen LogP contribution is 2.19. The lowest BCUT2D eigenvalue weighted by Crippen LogP contribution is -2.29. The normalized spacial score (nSPS) is 10.1. The first kappa shape index (κ1) is 14.6. The minimum absolute atomic E-state index is 0.0361. The molecule has 1 aromatic rings. The number of hydrogen-bond donors (Lipinski definition) is 1. The maximum absolute atomic E-state index is 12.0. The van der Waals surface area contributed by atoms with Gasteiger partial charge in [0, 0.05) is 24.1 Å². The van der Waals surface area contributed by atoms with Crippen LogP contribution in [0.25, 0.3) is 0 Å². The van der Waals surface area contributed by atoms with E-state index in [2.05, 4.69) is 6.92 Å². The topological polar surface area (TPSA) is 57.6 Å². The highest BCUT2D eigenvalue weighted by Gasteiger charge is 2.12. The van der Waals surface area contributed by atoms with E-state index in [9.17, 15) is 9.59 Å². The van der Waals surface area contributed by atoms with Crippen molar-refractivity contribution in [2.75, 3.05) is 19.3 Å². The van der Waals surface area contributed by atoms with Crippen molar-refractivity contribution in [3.8, 4) is 0 Å². The molecule has 0 aliphatic rings. The highest BCUT2D eigenvalue weighted by molar-refractivity contribution is 7.99. The Morgan fingerprint density at radius 1 is 1.39 bits per heavy atom. The first-order valence-electron chi connectivity index (χ1n) is 5.74. The Morgan fingerprint density at radius 3 is 2.72 bits per heavy atom. The lowest BCUT2D eigenvalue weighted by Gasteiger charge is -2.16. The molecule has 0 saturated heterocycles. The van der Waals surface area contributed by atoms with Crippen LogP contribution >= 0.6 is 11.8 Å². The number of carboxylic acid groups (broad SMARTS) is 1. The highest BCUT2D eigenvalue weighted by atomic mass is 32.2. The summed E-state index contributed by atoms with van der Waals surface area (Å²) in [6.45, 7) is 2.28. The SMILES string of the molecule is CCSc1cccc(C(=O)N(C)CCC(=O)O)c1. The number of benzene rings is 1. The van der Waals surface area contributed by atoms with Gasteiger partial charge in [0.25, 0.3) is 5.91 Å². The van der Waals surface area contributed by atoms with Crippen molar-refractivity contribution >= 4 is 23.6 Å². The van der Waals surface area contributed by atoms with Gasteiger partial charge in [-0.2, -0.15) is 0 Å². The van der Waals surface area contributed by atoms with E-state index >= 15 is 0 Å². The Bertz CT molecular complexity index is 434. The molecule has 5 heteroatoms. The predicted octanol–water partition coefficient (Wildman–Crippen LogP) is 2.35. The second kappa shape index (κ2) is 7.06. The second-order valence-electron chi connectivity index (χ2n) is 3.83. The van der Waals surface area contributed by atoms with Gasteiger partial charge >= 0.3 is 5.97 Å². The second-order valence-corrected chi connectivity index (χ2v) is 5.17. The van der Waals surface area contributed by atoms with Gasteiger partial charge in [0.1, 0.15) is 0 Å². The zero-order chi connectivity index (χ0) is 13.5. The molecule has 0 spiro atoms. The number of carbonyl (C=O) groups excluding carboxylic acids is 1. The van der Waals surface area contributed by atoms with Crippen LogP contribution in [-0.2, 0) is 4.79 Å². The van der Waals surface area contributed by atoms with Crippen molar-refractivity contribution in [3.63, 3.8) is 0 Å². The minimum Gasteiger partial charge on any atom is -0.481 e. The molecule has 0 bridgehead atoms. The van der Waals surface area contributed by atoms with Gasteiger partial charge < -0.3 is 10.0 Å². The molecule has 0 aliphatic heterocycles. The number of amides is 1. The van der Waals surface area contributed by atoms with E-state index < -0.39 is 5.97 Å². The van der Waals surface area contributed by atoms with E-state index in [4.69, 9.17) is 5.11 Å². The summed E-state index contributed by atoms with van der Waals surface area (Å²) in [5.74, 6) is -0.0910. The van der Waals surface area contributed by atoms with Crippen LogP contribution in [0.2, 0.25) is 0 Å². The molecule has 4 nitrogen and oxygen atoms in total. The van der Waals surface area contributed by atoms with Gasteiger partial charge in [-0.15, -0.1) is 11.8 Å². The number of nitrogens with zero attached hydrogens (tertiary/aromatic N) is 1. The summed E-state index contributed by atoms with van der Waals surface area (Å²) in [7, 11) is 1.62. The van der Waals surface area contributed by atoms with E-state index in [0.717, 1.165) is 10.6 Å². The monoisotopic (exact) mass is 267 g/mol. The third-order valence-electron chi connectivity index (χ3n) is 2.40. The Hall–Kier alpha value is -1.49. The maximum Gasteiger partial charge on any atom is 0.305 e. The minimum atomic E-state index is -0.898. The standard InChI is InChI=1S/C13H17NO3S/c1-3-18-11-6-4-5-10(9-11)13(17)14(2)8-7-12(15)16/h4-6,9H,3,7-8H2,1-2H3,(H,15,16). The van der Waals surface area contributed by atoms with Gasteiger partial charge in [-0.25, -0.2) is 0 Å². The summed E-state index contributed by atoms with van der Waals surface area (Å²) in [5.41, 5.74) is 0.598. The summed E-state index contributed by atoms with van der Waals surface area (Å²) in [6.07, 6.45) is -0.0361. The molecule has 1 aromatic carbocycles. The molecule has 0 saturated carbocycles. The fraction of sp³-hybridized carbons (Fsp3) is 0.385. The number of thioether (sulfide) groups is 1. The van der Waals surface area contributed by atoms with Crippen LogP contribution < -0.4 is 0 Å². The first-order valence-corrected chi connectivity index (χ1v) is 6.73. The van der Waals surface area contributed by atoms with Crippen LogP contribution in [0.5, 0.6) is 0 Å². The van der Waals surface area contributed by atoms with E-state index in [1.807, 2.05) is 18.2 Å². The quantitative estimate of drug-likeness (QED) is 0.804. The van der Waals surface area contributed by atoms with Crippen LogP contribution in [0.4, 0.5) is 0 Å². The fourth-order valence-corrected chi connectivity index (χ4v) is 2.19. The van der Waals surface area contributed by atoms with Crippen molar-refractivity contribution in [1.82, 2.24) is 4.90 Å². The molecular weight excluding hydrogens is 250 g/mol. The van der Waals surface area contributed by atoms with Gasteiger partial charge in [-0.3, -0.25) is 9.59 Å². The summed E-state index contributed by atoms with van der Waals surface area (Å²) < 4.78 is 0. The number of rotatable bonds is 6. The Balaban J connectivity index is 2.70. The Morgan fingerprint density at radius 2 is 2.11 bits per heavy atom. The Labute approximate surface area is 111 Å². The van der Waals surface area contributed by atoms with Gasteiger partial charge in [0.2, 0.25) is 0 Å². The number of carboxylic acids is 1. The predicted molar refractivity (Wildman–Crippen MR) is 72.1 cm³/mol. The molecule has 0 fully saturated rings. The van der Waals surface area contributed by atoms with Crippen LogP contribution in [0.3, 0.4) is 0 Å². The van der Waals surface area contributed by atoms with E-state index in [1.54, 1.807) is 24.9 Å². The average Bonchev–Trinajstić information content (AvgIpc) is 2.35. The van der Waals surface area contributed by atoms with Crippen molar-refractivity contribution < 1.29 is 14.7 Å². The third kappa shape index (κ3) is 4.41. The van der Waals surface area contributed by atoms with E-state index in [1.165, 1.54) is 4.90 Å². The zero-order valence-corrected chi connectivity index (χ0v) is 11.4. The average molecular weight is 267 g/mol. The zero-order valence-electron chi connectivity index (χ0n) is 10.5. The Kier molecular flexibility index (Phi) is 5.71. The molecule has 18 heavy (non-hydrogen) atoms. The van der Waals surface area contributed by atoms with Crippen LogP contribution in [0.1, 0.15) is 23.7 Å². The molecule has 1 N–H and O–H groups in total. The van der Waals surface area contributed by atoms with Gasteiger partial charge in [0.15, 0.2) is 0 Å². The lowest BCUT2D eigenvalue weighted by atomic mass is 10.2. The molecule has 0 atom stereocenters.